The normalized spacial score (nSPS) is 15.7. The highest BCUT2D eigenvalue weighted by molar-refractivity contribution is 5.93. The fourth-order valence-corrected chi connectivity index (χ4v) is 3.22. The maximum atomic E-state index is 12.3. The summed E-state index contributed by atoms with van der Waals surface area (Å²) in [4.78, 5) is 24.7. The first-order chi connectivity index (χ1) is 13.1. The molecule has 0 bridgehead atoms. The van der Waals surface area contributed by atoms with Crippen LogP contribution in [0.25, 0.3) is 0 Å². The van der Waals surface area contributed by atoms with Gasteiger partial charge in [0.05, 0.1) is 12.4 Å². The Balaban J connectivity index is 1.55. The molecule has 4 N–H and O–H groups in total. The summed E-state index contributed by atoms with van der Waals surface area (Å²) in [5, 5.41) is 16.4. The zero-order valence-corrected chi connectivity index (χ0v) is 15.0. The molecule has 7 heteroatoms. The number of carboxylic acids is 1. The van der Waals surface area contributed by atoms with E-state index in [9.17, 15) is 14.7 Å². The van der Waals surface area contributed by atoms with Crippen LogP contribution in [-0.2, 0) is 9.59 Å². The summed E-state index contributed by atoms with van der Waals surface area (Å²) in [5.41, 5.74) is 0.597. The van der Waals surface area contributed by atoms with Crippen LogP contribution in [0.3, 0.4) is 0 Å². The van der Waals surface area contributed by atoms with Gasteiger partial charge in [-0.25, -0.2) is 0 Å². The van der Waals surface area contributed by atoms with Crippen molar-refractivity contribution in [3.05, 3.63) is 54.6 Å². The van der Waals surface area contributed by atoms with Crippen LogP contribution in [0.1, 0.15) is 6.42 Å². The second-order valence-electron chi connectivity index (χ2n) is 6.59. The first kappa shape index (κ1) is 18.9. The number of amides is 1. The van der Waals surface area contributed by atoms with Crippen LogP contribution in [0.15, 0.2) is 54.6 Å². The summed E-state index contributed by atoms with van der Waals surface area (Å²) in [6.07, 6.45) is -0.0973. The summed E-state index contributed by atoms with van der Waals surface area (Å²) in [6, 6.07) is 15.6. The van der Waals surface area contributed by atoms with Crippen molar-refractivity contribution in [2.45, 2.75) is 12.5 Å². The molecular formula is C20H24N3O4+. The minimum atomic E-state index is -1.17. The number of carbonyl (C=O) groups is 2. The lowest BCUT2D eigenvalue weighted by Crippen LogP contribution is -3.24. The van der Waals surface area contributed by atoms with Gasteiger partial charge in [0, 0.05) is 5.69 Å². The van der Waals surface area contributed by atoms with E-state index in [0.29, 0.717) is 11.4 Å². The van der Waals surface area contributed by atoms with Gasteiger partial charge < -0.3 is 30.2 Å². The van der Waals surface area contributed by atoms with Crippen molar-refractivity contribution in [1.29, 1.82) is 0 Å². The van der Waals surface area contributed by atoms with E-state index in [0.717, 1.165) is 36.8 Å². The molecule has 0 unspecified atom stereocenters. The second-order valence-corrected chi connectivity index (χ2v) is 6.59. The van der Waals surface area contributed by atoms with E-state index in [1.165, 1.54) is 0 Å². The third kappa shape index (κ3) is 5.54. The molecule has 1 fully saturated rings. The molecule has 0 spiro atoms. The Morgan fingerprint density at radius 3 is 2.30 bits per heavy atom. The Kier molecular flexibility index (Phi) is 6.40. The number of benzene rings is 2. The van der Waals surface area contributed by atoms with Crippen molar-refractivity contribution in [3.63, 3.8) is 0 Å². The summed E-state index contributed by atoms with van der Waals surface area (Å²) in [5.74, 6) is -0.120. The van der Waals surface area contributed by atoms with E-state index < -0.39 is 12.0 Å². The molecule has 27 heavy (non-hydrogen) atoms. The summed E-state index contributed by atoms with van der Waals surface area (Å²) >= 11 is 0. The van der Waals surface area contributed by atoms with Gasteiger partial charge >= 0.3 is 0 Å². The number of carbonyl (C=O) groups excluding carboxylic acids is 2. The first-order valence-corrected chi connectivity index (χ1v) is 9.12. The minimum absolute atomic E-state index is 0.0973. The quantitative estimate of drug-likeness (QED) is 0.546. The molecule has 1 aliphatic rings. The van der Waals surface area contributed by atoms with Crippen molar-refractivity contribution in [3.8, 4) is 11.5 Å². The molecule has 2 aromatic rings. The Morgan fingerprint density at radius 2 is 1.67 bits per heavy atom. The van der Waals surface area contributed by atoms with Crippen molar-refractivity contribution >= 4 is 17.6 Å². The molecule has 1 amide bonds. The number of aliphatic carboxylic acids is 1. The van der Waals surface area contributed by atoms with Crippen LogP contribution in [0.4, 0.5) is 5.69 Å². The Hall–Kier alpha value is -2.90. The van der Waals surface area contributed by atoms with E-state index in [1.807, 2.05) is 30.3 Å². The standard InChI is InChI=1S/C20H23N3O4/c24-19(14-18(20(25)26)23-12-10-21-11-13-23)22-15-6-8-17(9-7-15)27-16-4-2-1-3-5-16/h1-9,18,21H,10-14H2,(H,22,24)(H,25,26)/p+1/t18-/m0/s1. The van der Waals surface area contributed by atoms with Gasteiger partial charge in [-0.05, 0) is 36.4 Å². The van der Waals surface area contributed by atoms with Crippen molar-refractivity contribution in [1.82, 2.24) is 0 Å². The SMILES string of the molecule is O=C(C[C@@H](C(=O)[O-])[NH+]1CC[NH2+]CC1)Nc1ccc(Oc2ccccc2)cc1. The molecule has 0 radical (unpaired) electrons. The molecule has 1 saturated heterocycles. The number of hydrogen-bond acceptors (Lipinski definition) is 4. The molecule has 7 nitrogen and oxygen atoms in total. The zero-order chi connectivity index (χ0) is 19.1. The van der Waals surface area contributed by atoms with Crippen LogP contribution in [0, 0.1) is 0 Å². The molecule has 3 rings (SSSR count). The van der Waals surface area contributed by atoms with Gasteiger partial charge in [-0.3, -0.25) is 4.79 Å². The Morgan fingerprint density at radius 1 is 1.04 bits per heavy atom. The molecule has 0 aromatic heterocycles. The van der Waals surface area contributed by atoms with Crippen LogP contribution < -0.4 is 25.4 Å². The van der Waals surface area contributed by atoms with Gasteiger partial charge in [0.1, 0.15) is 43.7 Å². The Bertz CT molecular complexity index is 759. The predicted octanol–water partition coefficient (Wildman–Crippen LogP) is -1.61. The summed E-state index contributed by atoms with van der Waals surface area (Å²) < 4.78 is 5.71. The number of nitrogens with two attached hydrogens (primary N) is 1. The largest absolute Gasteiger partial charge is 0.544 e. The van der Waals surface area contributed by atoms with E-state index in [2.05, 4.69) is 10.6 Å². The average molecular weight is 370 g/mol. The Labute approximate surface area is 157 Å². The highest BCUT2D eigenvalue weighted by atomic mass is 16.5. The maximum absolute atomic E-state index is 12.3. The van der Waals surface area contributed by atoms with Crippen LogP contribution in [0.2, 0.25) is 0 Å². The number of quaternary nitrogens is 2. The van der Waals surface area contributed by atoms with Gasteiger partial charge in [0.2, 0.25) is 5.91 Å². The number of anilines is 1. The lowest BCUT2D eigenvalue weighted by molar-refractivity contribution is -0.961. The van der Waals surface area contributed by atoms with Crippen LogP contribution in [-0.4, -0.2) is 44.1 Å². The molecule has 0 aliphatic carbocycles. The maximum Gasteiger partial charge on any atom is 0.230 e. The van der Waals surface area contributed by atoms with Gasteiger partial charge in [-0.2, -0.15) is 0 Å². The lowest BCUT2D eigenvalue weighted by Gasteiger charge is -2.30. The fraction of sp³-hybridized carbons (Fsp3) is 0.300. The highest BCUT2D eigenvalue weighted by Gasteiger charge is 2.29. The van der Waals surface area contributed by atoms with Crippen molar-refractivity contribution in [2.24, 2.45) is 0 Å². The predicted molar refractivity (Wildman–Crippen MR) is 97.4 cm³/mol. The molecular weight excluding hydrogens is 346 g/mol. The molecule has 1 aliphatic heterocycles. The van der Waals surface area contributed by atoms with Crippen LogP contribution >= 0.6 is 0 Å². The molecule has 1 heterocycles. The van der Waals surface area contributed by atoms with E-state index >= 15 is 0 Å². The average Bonchev–Trinajstić information content (AvgIpc) is 2.69. The van der Waals surface area contributed by atoms with Crippen molar-refractivity contribution < 1.29 is 29.6 Å². The number of ether oxygens (including phenoxy) is 1. The number of nitrogens with one attached hydrogen (secondary N) is 2. The second kappa shape index (κ2) is 9.16. The molecule has 0 saturated carbocycles. The third-order valence-electron chi connectivity index (χ3n) is 4.62. The number of piperazine rings is 1. The van der Waals surface area contributed by atoms with Crippen LogP contribution in [0.5, 0.6) is 11.5 Å². The number of rotatable bonds is 7. The van der Waals surface area contributed by atoms with Gasteiger partial charge in [-0.1, -0.05) is 18.2 Å². The third-order valence-corrected chi connectivity index (χ3v) is 4.62. The zero-order valence-electron chi connectivity index (χ0n) is 15.0. The summed E-state index contributed by atoms with van der Waals surface area (Å²) in [6.45, 7) is 3.17. The molecule has 1 atom stereocenters. The van der Waals surface area contributed by atoms with Gasteiger partial charge in [0.15, 0.2) is 0 Å². The number of carboxylic acid groups (broad SMARTS) is 1. The topological polar surface area (TPSA) is 99.5 Å². The summed E-state index contributed by atoms with van der Waals surface area (Å²) in [7, 11) is 0. The molecule has 2 aromatic carbocycles. The number of hydrogen-bond donors (Lipinski definition) is 3. The highest BCUT2D eigenvalue weighted by Crippen LogP contribution is 2.22. The van der Waals surface area contributed by atoms with E-state index in [1.54, 1.807) is 24.3 Å². The minimum Gasteiger partial charge on any atom is -0.544 e. The van der Waals surface area contributed by atoms with Gasteiger partial charge in [0.25, 0.3) is 0 Å². The van der Waals surface area contributed by atoms with Gasteiger partial charge in [-0.15, -0.1) is 0 Å². The fourth-order valence-electron chi connectivity index (χ4n) is 3.22. The lowest BCUT2D eigenvalue weighted by atomic mass is 10.1. The van der Waals surface area contributed by atoms with Crippen molar-refractivity contribution in [2.75, 3.05) is 31.5 Å². The smallest absolute Gasteiger partial charge is 0.230 e. The van der Waals surface area contributed by atoms with E-state index in [-0.39, 0.29) is 12.3 Å². The van der Waals surface area contributed by atoms with E-state index in [4.69, 9.17) is 4.74 Å². The number of para-hydroxylation sites is 1. The molecule has 142 valence electrons. The monoisotopic (exact) mass is 370 g/mol. The first-order valence-electron chi connectivity index (χ1n) is 9.12.